The molecule has 0 unspecified atom stereocenters. The molecule has 0 N–H and O–H groups in total. The number of morpholine rings is 1. The Hall–Kier alpha value is -2.11. The second kappa shape index (κ2) is 8.28. The molecule has 1 aromatic heterocycles. The van der Waals surface area contributed by atoms with Crippen LogP contribution >= 0.6 is 11.6 Å². The minimum Gasteiger partial charge on any atom is -0.372 e. The molecule has 0 saturated carbocycles. The summed E-state index contributed by atoms with van der Waals surface area (Å²) in [6, 6.07) is 7.77. The summed E-state index contributed by atoms with van der Waals surface area (Å²) in [6.07, 6.45) is 3.64. The first kappa shape index (κ1) is 19.6. The summed E-state index contributed by atoms with van der Waals surface area (Å²) in [6.45, 7) is 9.81. The van der Waals surface area contributed by atoms with E-state index in [0.717, 1.165) is 27.5 Å². The van der Waals surface area contributed by atoms with Crippen LogP contribution in [-0.2, 0) is 16.1 Å². The summed E-state index contributed by atoms with van der Waals surface area (Å²) in [4.78, 5) is 14.4. The number of rotatable bonds is 4. The van der Waals surface area contributed by atoms with Crippen molar-refractivity contribution in [3.63, 3.8) is 0 Å². The fraction of sp³-hybridized carbons (Fsp3) is 0.429. The SMILES string of the molecule is Cc1nn(Cc2ccccc2Cl)c(C)c1/C=C/C(=O)N1C[C@@H](C)O[C@H](C)C1. The molecule has 1 aliphatic heterocycles. The Balaban J connectivity index is 1.75. The van der Waals surface area contributed by atoms with Gasteiger partial charge in [0.2, 0.25) is 5.91 Å². The van der Waals surface area contributed by atoms with Crippen molar-refractivity contribution in [1.29, 1.82) is 0 Å². The topological polar surface area (TPSA) is 47.4 Å². The monoisotopic (exact) mass is 387 g/mol. The number of amides is 1. The standard InChI is InChI=1S/C21H26ClN3O2/c1-14-11-24(12-15(2)27-14)21(26)10-9-19-16(3)23-25(17(19)4)13-18-7-5-6-8-20(18)22/h5-10,14-15H,11-13H2,1-4H3/b10-9+/t14-,15-/m1/s1. The van der Waals surface area contributed by atoms with Crippen molar-refractivity contribution in [2.24, 2.45) is 0 Å². The lowest BCUT2D eigenvalue weighted by Gasteiger charge is -2.34. The van der Waals surface area contributed by atoms with E-state index in [1.807, 2.05) is 67.6 Å². The zero-order valence-electron chi connectivity index (χ0n) is 16.3. The molecular formula is C21H26ClN3O2. The van der Waals surface area contributed by atoms with E-state index < -0.39 is 0 Å². The van der Waals surface area contributed by atoms with Gasteiger partial charge in [0.25, 0.3) is 0 Å². The predicted octanol–water partition coefficient (Wildman–Crippen LogP) is 3.85. The van der Waals surface area contributed by atoms with Gasteiger partial charge in [-0.15, -0.1) is 0 Å². The molecule has 144 valence electrons. The van der Waals surface area contributed by atoms with Crippen LogP contribution in [0.3, 0.4) is 0 Å². The summed E-state index contributed by atoms with van der Waals surface area (Å²) in [7, 11) is 0. The molecule has 5 nitrogen and oxygen atoms in total. The average Bonchev–Trinajstić information content (AvgIpc) is 2.87. The van der Waals surface area contributed by atoms with E-state index in [1.54, 1.807) is 6.08 Å². The average molecular weight is 388 g/mol. The number of hydrogen-bond donors (Lipinski definition) is 0. The molecule has 1 fully saturated rings. The van der Waals surface area contributed by atoms with Gasteiger partial charge in [0.1, 0.15) is 0 Å². The van der Waals surface area contributed by atoms with Crippen molar-refractivity contribution in [1.82, 2.24) is 14.7 Å². The number of ether oxygens (including phenoxy) is 1. The molecule has 0 radical (unpaired) electrons. The van der Waals surface area contributed by atoms with Gasteiger partial charge in [-0.25, -0.2) is 0 Å². The van der Waals surface area contributed by atoms with E-state index in [9.17, 15) is 4.79 Å². The van der Waals surface area contributed by atoms with Gasteiger partial charge in [-0.3, -0.25) is 9.48 Å². The number of aromatic nitrogens is 2. The van der Waals surface area contributed by atoms with Crippen molar-refractivity contribution in [3.8, 4) is 0 Å². The van der Waals surface area contributed by atoms with E-state index >= 15 is 0 Å². The van der Waals surface area contributed by atoms with E-state index in [2.05, 4.69) is 5.10 Å². The largest absolute Gasteiger partial charge is 0.372 e. The van der Waals surface area contributed by atoms with Crippen LogP contribution in [0.5, 0.6) is 0 Å². The molecule has 1 saturated heterocycles. The highest BCUT2D eigenvalue weighted by Crippen LogP contribution is 2.20. The number of nitrogens with zero attached hydrogens (tertiary/aromatic N) is 3. The number of halogens is 1. The molecular weight excluding hydrogens is 362 g/mol. The number of benzene rings is 1. The molecule has 27 heavy (non-hydrogen) atoms. The number of carbonyl (C=O) groups excluding carboxylic acids is 1. The smallest absolute Gasteiger partial charge is 0.246 e. The molecule has 3 rings (SSSR count). The Kier molecular flexibility index (Phi) is 6.02. The minimum atomic E-state index is 0.00894. The van der Waals surface area contributed by atoms with Crippen molar-refractivity contribution < 1.29 is 9.53 Å². The third-order valence-corrected chi connectivity index (χ3v) is 5.21. The Labute approximate surface area is 165 Å². The Bertz CT molecular complexity index is 849. The summed E-state index contributed by atoms with van der Waals surface area (Å²) >= 11 is 6.27. The van der Waals surface area contributed by atoms with Crippen LogP contribution in [-0.4, -0.2) is 45.9 Å². The van der Waals surface area contributed by atoms with E-state index in [1.165, 1.54) is 0 Å². The van der Waals surface area contributed by atoms with E-state index in [0.29, 0.717) is 19.6 Å². The fourth-order valence-electron chi connectivity index (χ4n) is 3.51. The van der Waals surface area contributed by atoms with Crippen LogP contribution in [0.1, 0.15) is 36.4 Å². The van der Waals surface area contributed by atoms with Gasteiger partial charge in [-0.05, 0) is 45.4 Å². The highest BCUT2D eigenvalue weighted by molar-refractivity contribution is 6.31. The third-order valence-electron chi connectivity index (χ3n) is 4.84. The maximum absolute atomic E-state index is 12.6. The number of hydrogen-bond acceptors (Lipinski definition) is 3. The van der Waals surface area contributed by atoms with Gasteiger partial charge in [0.15, 0.2) is 0 Å². The minimum absolute atomic E-state index is 0.00894. The summed E-state index contributed by atoms with van der Waals surface area (Å²) < 4.78 is 7.63. The number of aryl methyl sites for hydroxylation is 1. The summed E-state index contributed by atoms with van der Waals surface area (Å²) in [5.41, 5.74) is 3.91. The second-order valence-corrected chi connectivity index (χ2v) is 7.57. The zero-order chi connectivity index (χ0) is 19.6. The first-order valence-corrected chi connectivity index (χ1v) is 9.62. The lowest BCUT2D eigenvalue weighted by Crippen LogP contribution is -2.47. The van der Waals surface area contributed by atoms with Crippen molar-refractivity contribution in [2.75, 3.05) is 13.1 Å². The van der Waals surface area contributed by atoms with E-state index in [-0.39, 0.29) is 18.1 Å². The van der Waals surface area contributed by atoms with Crippen LogP contribution in [0, 0.1) is 13.8 Å². The molecule has 6 heteroatoms. The van der Waals surface area contributed by atoms with Crippen LogP contribution in [0.25, 0.3) is 6.08 Å². The highest BCUT2D eigenvalue weighted by atomic mass is 35.5. The van der Waals surface area contributed by atoms with Crippen LogP contribution in [0.4, 0.5) is 0 Å². The molecule has 1 aromatic carbocycles. The Morgan fingerprint density at radius 3 is 2.59 bits per heavy atom. The molecule has 1 aliphatic rings. The van der Waals surface area contributed by atoms with Crippen LogP contribution in [0.2, 0.25) is 5.02 Å². The zero-order valence-corrected chi connectivity index (χ0v) is 17.0. The fourth-order valence-corrected chi connectivity index (χ4v) is 3.71. The van der Waals surface area contributed by atoms with Gasteiger partial charge in [0, 0.05) is 35.4 Å². The predicted molar refractivity (Wildman–Crippen MR) is 108 cm³/mol. The van der Waals surface area contributed by atoms with Crippen molar-refractivity contribution >= 4 is 23.6 Å². The quantitative estimate of drug-likeness (QED) is 0.748. The molecule has 0 bridgehead atoms. The molecule has 1 amide bonds. The van der Waals surface area contributed by atoms with Gasteiger partial charge in [0.05, 0.1) is 24.4 Å². The lowest BCUT2D eigenvalue weighted by molar-refractivity contribution is -0.137. The Morgan fingerprint density at radius 1 is 1.26 bits per heavy atom. The first-order chi connectivity index (χ1) is 12.8. The number of carbonyl (C=O) groups is 1. The van der Waals surface area contributed by atoms with Gasteiger partial charge in [-0.2, -0.15) is 5.10 Å². The second-order valence-electron chi connectivity index (χ2n) is 7.17. The van der Waals surface area contributed by atoms with E-state index in [4.69, 9.17) is 16.3 Å². The van der Waals surface area contributed by atoms with Gasteiger partial charge < -0.3 is 9.64 Å². The molecule has 0 aliphatic carbocycles. The van der Waals surface area contributed by atoms with Crippen LogP contribution < -0.4 is 0 Å². The normalized spacial score (nSPS) is 20.4. The first-order valence-electron chi connectivity index (χ1n) is 9.25. The van der Waals surface area contributed by atoms with Crippen molar-refractivity contribution in [3.05, 3.63) is 57.9 Å². The van der Waals surface area contributed by atoms with Crippen molar-refractivity contribution in [2.45, 2.75) is 46.4 Å². The third kappa shape index (κ3) is 4.60. The summed E-state index contributed by atoms with van der Waals surface area (Å²) in [5.74, 6) is 0.00894. The summed E-state index contributed by atoms with van der Waals surface area (Å²) in [5, 5.41) is 5.35. The molecule has 2 atom stereocenters. The maximum atomic E-state index is 12.6. The lowest BCUT2D eigenvalue weighted by atomic mass is 10.1. The molecule has 0 spiro atoms. The highest BCUT2D eigenvalue weighted by Gasteiger charge is 2.24. The molecule has 2 heterocycles. The van der Waals surface area contributed by atoms with Gasteiger partial charge >= 0.3 is 0 Å². The molecule has 2 aromatic rings. The Morgan fingerprint density at radius 2 is 1.93 bits per heavy atom. The van der Waals surface area contributed by atoms with Gasteiger partial charge in [-0.1, -0.05) is 29.8 Å². The maximum Gasteiger partial charge on any atom is 0.246 e. The van der Waals surface area contributed by atoms with Crippen LogP contribution in [0.15, 0.2) is 30.3 Å².